The van der Waals surface area contributed by atoms with Gasteiger partial charge >= 0.3 is 0 Å². The largest absolute Gasteiger partial charge is 0.349 e. The minimum Gasteiger partial charge on any atom is -0.349 e. The molecule has 0 aliphatic carbocycles. The summed E-state index contributed by atoms with van der Waals surface area (Å²) < 4.78 is 13.5. The van der Waals surface area contributed by atoms with Crippen molar-refractivity contribution < 1.29 is 9.18 Å². The van der Waals surface area contributed by atoms with E-state index in [1.165, 1.54) is 12.1 Å². The quantitative estimate of drug-likeness (QED) is 0.660. The Hall–Kier alpha value is -1.62. The van der Waals surface area contributed by atoms with Gasteiger partial charge < -0.3 is 10.2 Å². The van der Waals surface area contributed by atoms with Crippen LogP contribution in [-0.2, 0) is 10.2 Å². The van der Waals surface area contributed by atoms with Crippen molar-refractivity contribution in [3.8, 4) is 0 Å². The smallest absolute Gasteiger partial charge is 0.224 e. The molecule has 3 rings (SSSR count). The number of hydrogen-bond acceptors (Lipinski definition) is 2. The molecule has 0 saturated carbocycles. The standard InChI is InChI=1S/C23H27Cl2FN2O/c1-15(22(29)27-16(2)17-12-19(24)14-20(25)13-17)23(8-10-28(3)11-9-23)18-4-6-21(26)7-5-18/h4-7,12-16H,8-11H2,1-3H3,(H,27,29). The number of nitrogens with one attached hydrogen (secondary N) is 1. The van der Waals surface area contributed by atoms with Crippen LogP contribution in [-0.4, -0.2) is 30.9 Å². The molecule has 1 amide bonds. The van der Waals surface area contributed by atoms with Crippen LogP contribution >= 0.6 is 23.2 Å². The Labute approximate surface area is 182 Å². The van der Waals surface area contributed by atoms with Crippen LogP contribution in [0, 0.1) is 11.7 Å². The minimum atomic E-state index is -0.323. The van der Waals surface area contributed by atoms with Crippen molar-refractivity contribution in [2.45, 2.75) is 38.1 Å². The van der Waals surface area contributed by atoms with Crippen LogP contribution in [0.3, 0.4) is 0 Å². The predicted octanol–water partition coefficient (Wildman–Crippen LogP) is 5.61. The summed E-state index contributed by atoms with van der Waals surface area (Å²) in [5.41, 5.74) is 1.56. The second-order valence-electron chi connectivity index (χ2n) is 8.12. The molecule has 1 fully saturated rings. The molecule has 2 atom stereocenters. The van der Waals surface area contributed by atoms with Gasteiger partial charge in [0.25, 0.3) is 0 Å². The van der Waals surface area contributed by atoms with E-state index in [1.54, 1.807) is 6.07 Å². The van der Waals surface area contributed by atoms with Crippen molar-refractivity contribution in [1.29, 1.82) is 0 Å². The van der Waals surface area contributed by atoms with Gasteiger partial charge in [-0.25, -0.2) is 4.39 Å². The normalized spacial score (nSPS) is 18.8. The number of halogens is 3. The number of piperidine rings is 1. The maximum atomic E-state index is 13.5. The second kappa shape index (κ2) is 9.03. The van der Waals surface area contributed by atoms with Gasteiger partial charge in [0.05, 0.1) is 6.04 Å². The van der Waals surface area contributed by atoms with Gasteiger partial charge in [-0.1, -0.05) is 42.3 Å². The van der Waals surface area contributed by atoms with Crippen molar-refractivity contribution in [2.24, 2.45) is 5.92 Å². The number of carbonyl (C=O) groups is 1. The molecule has 1 aliphatic heterocycles. The molecule has 2 aromatic rings. The van der Waals surface area contributed by atoms with Crippen molar-refractivity contribution in [2.75, 3.05) is 20.1 Å². The van der Waals surface area contributed by atoms with E-state index >= 15 is 0 Å². The number of benzene rings is 2. The van der Waals surface area contributed by atoms with Crippen LogP contribution in [0.1, 0.15) is 43.9 Å². The molecule has 0 spiro atoms. The zero-order valence-electron chi connectivity index (χ0n) is 17.0. The molecule has 1 heterocycles. The number of hydrogen-bond donors (Lipinski definition) is 1. The van der Waals surface area contributed by atoms with Gasteiger partial charge in [0.15, 0.2) is 0 Å². The zero-order valence-corrected chi connectivity index (χ0v) is 18.5. The maximum Gasteiger partial charge on any atom is 0.224 e. The average Bonchev–Trinajstić information content (AvgIpc) is 2.68. The van der Waals surface area contributed by atoms with E-state index in [2.05, 4.69) is 17.3 Å². The first-order valence-corrected chi connectivity index (χ1v) is 10.7. The lowest BCUT2D eigenvalue weighted by atomic mass is 9.64. The first-order chi connectivity index (χ1) is 13.7. The van der Waals surface area contributed by atoms with Crippen LogP contribution in [0.15, 0.2) is 42.5 Å². The summed E-state index contributed by atoms with van der Waals surface area (Å²) in [6, 6.07) is 11.7. The Morgan fingerprint density at radius 1 is 1.07 bits per heavy atom. The third-order valence-electron chi connectivity index (χ3n) is 6.26. The molecule has 0 bridgehead atoms. The van der Waals surface area contributed by atoms with E-state index in [0.717, 1.165) is 37.1 Å². The van der Waals surface area contributed by atoms with Gasteiger partial charge in [-0.2, -0.15) is 0 Å². The highest BCUT2D eigenvalue weighted by molar-refractivity contribution is 6.34. The fourth-order valence-electron chi connectivity index (χ4n) is 4.27. The van der Waals surface area contributed by atoms with Crippen LogP contribution in [0.4, 0.5) is 4.39 Å². The van der Waals surface area contributed by atoms with Crippen molar-refractivity contribution in [3.63, 3.8) is 0 Å². The molecule has 3 nitrogen and oxygen atoms in total. The fourth-order valence-corrected chi connectivity index (χ4v) is 4.81. The maximum absolute atomic E-state index is 13.5. The van der Waals surface area contributed by atoms with Gasteiger partial charge in [-0.15, -0.1) is 0 Å². The van der Waals surface area contributed by atoms with Gasteiger partial charge in [0, 0.05) is 21.4 Å². The highest BCUT2D eigenvalue weighted by Crippen LogP contribution is 2.42. The first kappa shape index (κ1) is 22.1. The lowest BCUT2D eigenvalue weighted by Crippen LogP contribution is -2.50. The number of likely N-dealkylation sites (tertiary alicyclic amines) is 1. The summed E-state index contributed by atoms with van der Waals surface area (Å²) in [5.74, 6) is -0.554. The zero-order chi connectivity index (χ0) is 21.2. The Kier molecular flexibility index (Phi) is 6.87. The molecule has 0 aromatic heterocycles. The SMILES string of the molecule is CC(NC(=O)C(C)C1(c2ccc(F)cc2)CCN(C)CC1)c1cc(Cl)cc(Cl)c1. The summed E-state index contributed by atoms with van der Waals surface area (Å²) in [7, 11) is 2.09. The fraction of sp³-hybridized carbons (Fsp3) is 0.435. The summed E-state index contributed by atoms with van der Waals surface area (Å²) in [6.45, 7) is 5.69. The second-order valence-corrected chi connectivity index (χ2v) is 8.99. The molecule has 29 heavy (non-hydrogen) atoms. The van der Waals surface area contributed by atoms with Crippen LogP contribution in [0.2, 0.25) is 10.0 Å². The van der Waals surface area contributed by atoms with E-state index in [4.69, 9.17) is 23.2 Å². The van der Waals surface area contributed by atoms with Crippen LogP contribution in [0.25, 0.3) is 0 Å². The van der Waals surface area contributed by atoms with Crippen molar-refractivity contribution in [3.05, 3.63) is 69.5 Å². The monoisotopic (exact) mass is 436 g/mol. The van der Waals surface area contributed by atoms with E-state index < -0.39 is 0 Å². The molecule has 6 heteroatoms. The number of rotatable bonds is 5. The third kappa shape index (κ3) is 4.93. The molecule has 1 aliphatic rings. The molecule has 1 N–H and O–H groups in total. The molecular formula is C23H27Cl2FN2O. The number of carbonyl (C=O) groups excluding carboxylic acids is 1. The average molecular weight is 437 g/mol. The van der Waals surface area contributed by atoms with Crippen LogP contribution in [0.5, 0.6) is 0 Å². The number of nitrogens with zero attached hydrogens (tertiary/aromatic N) is 1. The van der Waals surface area contributed by atoms with E-state index in [0.29, 0.717) is 10.0 Å². The minimum absolute atomic E-state index is 0.0255. The Balaban J connectivity index is 1.84. The third-order valence-corrected chi connectivity index (χ3v) is 6.70. The molecular weight excluding hydrogens is 410 g/mol. The van der Waals surface area contributed by atoms with Crippen LogP contribution < -0.4 is 5.32 Å². The number of amides is 1. The van der Waals surface area contributed by atoms with Gasteiger partial charge in [-0.3, -0.25) is 4.79 Å². The van der Waals surface area contributed by atoms with Crippen molar-refractivity contribution in [1.82, 2.24) is 10.2 Å². The Morgan fingerprint density at radius 2 is 1.62 bits per heavy atom. The summed E-state index contributed by atoms with van der Waals surface area (Å²) in [6.07, 6.45) is 1.70. The molecule has 1 saturated heterocycles. The van der Waals surface area contributed by atoms with E-state index in [1.807, 2.05) is 38.1 Å². The molecule has 156 valence electrons. The highest BCUT2D eigenvalue weighted by atomic mass is 35.5. The first-order valence-electron chi connectivity index (χ1n) is 9.92. The Morgan fingerprint density at radius 3 is 2.17 bits per heavy atom. The molecule has 2 unspecified atom stereocenters. The predicted molar refractivity (Wildman–Crippen MR) is 117 cm³/mol. The summed E-state index contributed by atoms with van der Waals surface area (Å²) in [5, 5.41) is 4.20. The van der Waals surface area contributed by atoms with Gasteiger partial charge in [0.2, 0.25) is 5.91 Å². The highest BCUT2D eigenvalue weighted by Gasteiger charge is 2.43. The molecule has 2 aromatic carbocycles. The lowest BCUT2D eigenvalue weighted by Gasteiger charge is -2.45. The topological polar surface area (TPSA) is 32.3 Å². The van der Waals surface area contributed by atoms with E-state index in [-0.39, 0.29) is 29.1 Å². The van der Waals surface area contributed by atoms with Gasteiger partial charge in [-0.05, 0) is 81.4 Å². The van der Waals surface area contributed by atoms with Gasteiger partial charge in [0.1, 0.15) is 5.82 Å². The summed E-state index contributed by atoms with van der Waals surface area (Å²) in [4.78, 5) is 15.5. The van der Waals surface area contributed by atoms with E-state index in [9.17, 15) is 9.18 Å². The summed E-state index contributed by atoms with van der Waals surface area (Å²) >= 11 is 12.2. The molecule has 0 radical (unpaired) electrons. The Bertz CT molecular complexity index is 843. The lowest BCUT2D eigenvalue weighted by molar-refractivity contribution is -0.128. The van der Waals surface area contributed by atoms with Crippen molar-refractivity contribution >= 4 is 29.1 Å².